The fraction of sp³-hybridized carbons (Fsp3) is 0.344. The molecule has 1 atom stereocenters. The Balaban J connectivity index is 1.37. The molecule has 1 saturated heterocycles. The quantitative estimate of drug-likeness (QED) is 0.382. The highest BCUT2D eigenvalue weighted by Crippen LogP contribution is 2.48. The second-order valence-corrected chi connectivity index (χ2v) is 12.5. The number of halogens is 2. The Morgan fingerprint density at radius 1 is 0.976 bits per heavy atom. The molecule has 41 heavy (non-hydrogen) atoms. The number of hydrogen-bond donors (Lipinski definition) is 1. The second kappa shape index (κ2) is 11.0. The maximum Gasteiger partial charge on any atom is 0.242 e. The van der Waals surface area contributed by atoms with Gasteiger partial charge in [0.2, 0.25) is 5.91 Å². The number of rotatable bonds is 4. The summed E-state index contributed by atoms with van der Waals surface area (Å²) in [5.74, 6) is 1.01. The first-order chi connectivity index (χ1) is 19.7. The molecule has 212 valence electrons. The molecule has 7 nitrogen and oxygen atoms in total. The van der Waals surface area contributed by atoms with Gasteiger partial charge in [0, 0.05) is 50.1 Å². The van der Waals surface area contributed by atoms with Crippen LogP contribution in [0.3, 0.4) is 0 Å². The van der Waals surface area contributed by atoms with E-state index in [1.54, 1.807) is 12.3 Å². The Morgan fingerprint density at radius 3 is 2.46 bits per heavy atom. The van der Waals surface area contributed by atoms with E-state index in [1.165, 1.54) is 0 Å². The molecule has 0 bridgehead atoms. The molecule has 0 saturated carbocycles. The van der Waals surface area contributed by atoms with Crippen molar-refractivity contribution in [2.45, 2.75) is 32.7 Å². The molecule has 1 aliphatic carbocycles. The normalized spacial score (nSPS) is 20.2. The number of anilines is 3. The molecule has 1 fully saturated rings. The molecule has 1 N–H and O–H groups in total. The van der Waals surface area contributed by atoms with Crippen LogP contribution in [-0.2, 0) is 9.59 Å². The van der Waals surface area contributed by atoms with E-state index in [-0.39, 0.29) is 23.7 Å². The third kappa shape index (κ3) is 5.53. The maximum atomic E-state index is 14.0. The van der Waals surface area contributed by atoms with Gasteiger partial charge in [0.05, 0.1) is 34.0 Å². The second-order valence-electron chi connectivity index (χ2n) is 11.7. The summed E-state index contributed by atoms with van der Waals surface area (Å²) in [6.45, 7) is 6.96. The molecule has 2 aliphatic heterocycles. The molecular formula is C32H33Cl2N5O2. The van der Waals surface area contributed by atoms with E-state index in [2.05, 4.69) is 33.9 Å². The Hall–Kier alpha value is -3.55. The zero-order valence-corrected chi connectivity index (χ0v) is 24.8. The van der Waals surface area contributed by atoms with Gasteiger partial charge in [0.15, 0.2) is 5.78 Å². The van der Waals surface area contributed by atoms with Crippen LogP contribution in [-0.4, -0.2) is 54.3 Å². The molecule has 1 unspecified atom stereocenters. The number of Topliss-reactive ketones (excluding diaryl/α,β-unsaturated/α-hetero) is 1. The zero-order chi connectivity index (χ0) is 28.7. The van der Waals surface area contributed by atoms with Gasteiger partial charge in [-0.1, -0.05) is 61.3 Å². The van der Waals surface area contributed by atoms with Crippen LogP contribution in [0.5, 0.6) is 0 Å². The van der Waals surface area contributed by atoms with Crippen LogP contribution in [0.25, 0.3) is 0 Å². The molecule has 1 amide bonds. The van der Waals surface area contributed by atoms with E-state index in [4.69, 9.17) is 23.2 Å². The Bertz CT molecular complexity index is 1520. The predicted molar refractivity (Wildman–Crippen MR) is 165 cm³/mol. The van der Waals surface area contributed by atoms with Crippen molar-refractivity contribution in [2.24, 2.45) is 5.41 Å². The van der Waals surface area contributed by atoms with Crippen LogP contribution >= 0.6 is 23.2 Å². The highest BCUT2D eigenvalue weighted by atomic mass is 35.5. The first kappa shape index (κ1) is 27.6. The minimum absolute atomic E-state index is 0.0122. The molecule has 9 heteroatoms. The summed E-state index contributed by atoms with van der Waals surface area (Å²) in [6, 6.07) is 18.8. The first-order valence-corrected chi connectivity index (χ1v) is 14.7. The number of carbonyl (C=O) groups excluding carboxylic acids is 2. The van der Waals surface area contributed by atoms with Gasteiger partial charge in [-0.3, -0.25) is 9.59 Å². The fourth-order valence-corrected chi connectivity index (χ4v) is 6.53. The number of carbonyl (C=O) groups is 2. The van der Waals surface area contributed by atoms with Crippen molar-refractivity contribution in [1.29, 1.82) is 0 Å². The van der Waals surface area contributed by atoms with E-state index >= 15 is 0 Å². The van der Waals surface area contributed by atoms with E-state index in [0.717, 1.165) is 34.9 Å². The van der Waals surface area contributed by atoms with Gasteiger partial charge in [-0.25, -0.2) is 4.98 Å². The van der Waals surface area contributed by atoms with Gasteiger partial charge in [-0.05, 0) is 53.8 Å². The summed E-state index contributed by atoms with van der Waals surface area (Å²) in [5, 5.41) is 4.46. The minimum atomic E-state index is -0.502. The number of nitrogens with zero attached hydrogens (tertiary/aromatic N) is 4. The number of amides is 1. The lowest BCUT2D eigenvalue weighted by Gasteiger charge is -2.40. The lowest BCUT2D eigenvalue weighted by molar-refractivity contribution is -0.130. The lowest BCUT2D eigenvalue weighted by atomic mass is 9.73. The van der Waals surface area contributed by atoms with Crippen molar-refractivity contribution < 1.29 is 9.59 Å². The molecule has 0 radical (unpaired) electrons. The van der Waals surface area contributed by atoms with Crippen molar-refractivity contribution in [3.05, 3.63) is 93.7 Å². The van der Waals surface area contributed by atoms with E-state index < -0.39 is 6.04 Å². The number of allylic oxidation sites excluding steroid dienone is 1. The summed E-state index contributed by atoms with van der Waals surface area (Å²) < 4.78 is 0. The third-order valence-electron chi connectivity index (χ3n) is 8.17. The van der Waals surface area contributed by atoms with Crippen LogP contribution in [0.15, 0.2) is 78.1 Å². The molecule has 3 aromatic rings. The highest BCUT2D eigenvalue weighted by molar-refractivity contribution is 6.42. The summed E-state index contributed by atoms with van der Waals surface area (Å²) in [4.78, 5) is 38.5. The average Bonchev–Trinajstić information content (AvgIpc) is 3.09. The highest BCUT2D eigenvalue weighted by Gasteiger charge is 2.42. The summed E-state index contributed by atoms with van der Waals surface area (Å²) >= 11 is 12.8. The van der Waals surface area contributed by atoms with Gasteiger partial charge >= 0.3 is 0 Å². The number of ketones is 1. The number of hydrogen-bond acceptors (Lipinski definition) is 6. The molecule has 6 rings (SSSR count). The van der Waals surface area contributed by atoms with Crippen molar-refractivity contribution in [2.75, 3.05) is 47.8 Å². The number of benzene rings is 2. The van der Waals surface area contributed by atoms with Crippen LogP contribution in [0.1, 0.15) is 38.3 Å². The average molecular weight is 591 g/mol. The van der Waals surface area contributed by atoms with Gasteiger partial charge < -0.3 is 20.0 Å². The number of aromatic nitrogens is 1. The number of piperazine rings is 1. The lowest BCUT2D eigenvalue weighted by Crippen LogP contribution is -2.52. The molecule has 2 aromatic carbocycles. The Labute approximate surface area is 250 Å². The van der Waals surface area contributed by atoms with Gasteiger partial charge in [-0.2, -0.15) is 0 Å². The van der Waals surface area contributed by atoms with Crippen LogP contribution < -0.4 is 15.1 Å². The van der Waals surface area contributed by atoms with Gasteiger partial charge in [-0.15, -0.1) is 0 Å². The maximum absolute atomic E-state index is 14.0. The predicted octanol–water partition coefficient (Wildman–Crippen LogP) is 6.35. The summed E-state index contributed by atoms with van der Waals surface area (Å²) in [7, 11) is 0. The third-order valence-corrected chi connectivity index (χ3v) is 8.91. The summed E-state index contributed by atoms with van der Waals surface area (Å²) in [6.07, 6.45) is 2.94. The van der Waals surface area contributed by atoms with Gasteiger partial charge in [0.1, 0.15) is 5.82 Å². The number of para-hydroxylation sites is 2. The van der Waals surface area contributed by atoms with E-state index in [9.17, 15) is 9.59 Å². The van der Waals surface area contributed by atoms with Crippen molar-refractivity contribution in [3.8, 4) is 0 Å². The number of nitrogens with one attached hydrogen (secondary N) is 1. The minimum Gasteiger partial charge on any atom is -0.357 e. The van der Waals surface area contributed by atoms with Crippen LogP contribution in [0.4, 0.5) is 17.2 Å². The molecular weight excluding hydrogens is 557 g/mol. The molecule has 3 heterocycles. The Morgan fingerprint density at radius 2 is 1.73 bits per heavy atom. The van der Waals surface area contributed by atoms with Crippen LogP contribution in [0, 0.1) is 5.41 Å². The first-order valence-electron chi connectivity index (χ1n) is 14.0. The smallest absolute Gasteiger partial charge is 0.242 e. The van der Waals surface area contributed by atoms with Crippen molar-refractivity contribution >= 4 is 52.1 Å². The van der Waals surface area contributed by atoms with Gasteiger partial charge in [0.25, 0.3) is 0 Å². The standard InChI is InChI=1S/C32H33Cl2N5O2/c1-32(2)18-25-30(27(40)19-32)31(21-10-11-22(33)23(34)17-21)39(26-8-4-3-7-24(26)36-25)20-29(41)38-15-13-37(14-16-38)28-9-5-6-12-35-28/h3-12,17,31,36H,13-16,18-20H2,1-2H3. The number of pyridine rings is 1. The molecule has 0 spiro atoms. The monoisotopic (exact) mass is 589 g/mol. The van der Waals surface area contributed by atoms with E-state index in [1.807, 2.05) is 59.5 Å². The SMILES string of the molecule is CC1(C)CC(=O)C2=C(C1)Nc1ccccc1N(CC(=O)N1CCN(c3ccccn3)CC1)C2c1ccc(Cl)c(Cl)c1. The molecule has 1 aromatic heterocycles. The van der Waals surface area contributed by atoms with Crippen molar-refractivity contribution in [1.82, 2.24) is 9.88 Å². The summed E-state index contributed by atoms with van der Waals surface area (Å²) in [5.41, 5.74) is 3.97. The van der Waals surface area contributed by atoms with Crippen molar-refractivity contribution in [3.63, 3.8) is 0 Å². The van der Waals surface area contributed by atoms with Crippen LogP contribution in [0.2, 0.25) is 10.0 Å². The topological polar surface area (TPSA) is 68.8 Å². The zero-order valence-electron chi connectivity index (χ0n) is 23.2. The fourth-order valence-electron chi connectivity index (χ4n) is 6.23. The molecule has 3 aliphatic rings. The number of fused-ring (bicyclic) bond motifs is 1. The largest absolute Gasteiger partial charge is 0.357 e. The van der Waals surface area contributed by atoms with E-state index in [0.29, 0.717) is 48.2 Å². The Kier molecular flexibility index (Phi) is 7.43.